The Labute approximate surface area is 85.9 Å². The van der Waals surface area contributed by atoms with Crippen molar-refractivity contribution >= 4 is 0 Å². The van der Waals surface area contributed by atoms with Crippen molar-refractivity contribution in [3.05, 3.63) is 29.8 Å². The Kier molecular flexibility index (Phi) is 3.99. The molecular formula is C10H12F2O3. The zero-order chi connectivity index (χ0) is 11.4. The van der Waals surface area contributed by atoms with Gasteiger partial charge in [-0.2, -0.15) is 4.39 Å². The second kappa shape index (κ2) is 5.04. The fourth-order valence-corrected chi connectivity index (χ4v) is 0.985. The zero-order valence-electron chi connectivity index (χ0n) is 8.15. The molecule has 1 unspecified atom stereocenters. The lowest BCUT2D eigenvalue weighted by atomic mass is 10.2. The van der Waals surface area contributed by atoms with Gasteiger partial charge in [-0.25, -0.2) is 4.39 Å². The van der Waals surface area contributed by atoms with E-state index in [1.165, 1.54) is 12.1 Å². The van der Waals surface area contributed by atoms with Crippen molar-refractivity contribution in [3.8, 4) is 5.75 Å². The van der Waals surface area contributed by atoms with Gasteiger partial charge in [-0.05, 0) is 18.6 Å². The molecule has 15 heavy (non-hydrogen) atoms. The van der Waals surface area contributed by atoms with Crippen LogP contribution in [0.3, 0.4) is 0 Å². The first-order chi connectivity index (χ1) is 7.06. The number of ether oxygens (including phenoxy) is 1. The van der Waals surface area contributed by atoms with Crippen molar-refractivity contribution in [2.75, 3.05) is 0 Å². The molecule has 0 amide bonds. The Hall–Kier alpha value is -1.20. The van der Waals surface area contributed by atoms with E-state index >= 15 is 0 Å². The fourth-order valence-electron chi connectivity index (χ4n) is 0.985. The lowest BCUT2D eigenvalue weighted by Gasteiger charge is -2.18. The molecule has 1 aromatic rings. The molecule has 0 aliphatic rings. The van der Waals surface area contributed by atoms with E-state index in [1.54, 1.807) is 6.92 Å². The van der Waals surface area contributed by atoms with Crippen molar-refractivity contribution in [1.82, 2.24) is 0 Å². The molecule has 5 heteroatoms. The summed E-state index contributed by atoms with van der Waals surface area (Å²) in [5.41, 5.74) is 0. The Morgan fingerprint density at radius 1 is 1.33 bits per heavy atom. The van der Waals surface area contributed by atoms with Crippen LogP contribution in [0.2, 0.25) is 0 Å². The first-order valence-electron chi connectivity index (χ1n) is 4.53. The lowest BCUT2D eigenvalue weighted by Crippen LogP contribution is -2.31. The highest BCUT2D eigenvalue weighted by Gasteiger charge is 2.18. The van der Waals surface area contributed by atoms with Gasteiger partial charge >= 0.3 is 0 Å². The SMILES string of the molecule is CCC(O)[C@@H](O)Oc1cccc(F)c1F. The van der Waals surface area contributed by atoms with Gasteiger partial charge in [-0.1, -0.05) is 13.0 Å². The van der Waals surface area contributed by atoms with Crippen LogP contribution in [0.4, 0.5) is 8.78 Å². The van der Waals surface area contributed by atoms with Crippen LogP contribution in [0.25, 0.3) is 0 Å². The standard InChI is InChI=1S/C10H12F2O3/c1-2-7(13)10(14)15-8-5-3-4-6(11)9(8)12/h3-5,7,10,13-14H,2H2,1H3/t7?,10-/m0/s1. The van der Waals surface area contributed by atoms with Gasteiger partial charge in [-0.3, -0.25) is 0 Å². The summed E-state index contributed by atoms with van der Waals surface area (Å²) in [4.78, 5) is 0. The third-order valence-electron chi connectivity index (χ3n) is 1.91. The van der Waals surface area contributed by atoms with Crippen LogP contribution in [0.15, 0.2) is 18.2 Å². The molecule has 84 valence electrons. The summed E-state index contributed by atoms with van der Waals surface area (Å²) in [5.74, 6) is -2.67. The van der Waals surface area contributed by atoms with Crippen molar-refractivity contribution < 1.29 is 23.7 Å². The molecule has 0 saturated carbocycles. The summed E-state index contributed by atoms with van der Waals surface area (Å²) in [6.07, 6.45) is -2.45. The van der Waals surface area contributed by atoms with Crippen molar-refractivity contribution in [3.63, 3.8) is 0 Å². The van der Waals surface area contributed by atoms with Crippen LogP contribution >= 0.6 is 0 Å². The largest absolute Gasteiger partial charge is 0.459 e. The van der Waals surface area contributed by atoms with E-state index in [1.807, 2.05) is 0 Å². The van der Waals surface area contributed by atoms with Gasteiger partial charge in [-0.15, -0.1) is 0 Å². The Bertz CT molecular complexity index is 330. The fraction of sp³-hybridized carbons (Fsp3) is 0.400. The van der Waals surface area contributed by atoms with Gasteiger partial charge in [0.1, 0.15) is 6.10 Å². The zero-order valence-corrected chi connectivity index (χ0v) is 8.15. The van der Waals surface area contributed by atoms with Gasteiger partial charge in [0.05, 0.1) is 0 Å². The number of benzene rings is 1. The Balaban J connectivity index is 2.76. The molecule has 0 aromatic heterocycles. The molecule has 0 aliphatic carbocycles. The molecule has 1 rings (SSSR count). The Morgan fingerprint density at radius 2 is 2.00 bits per heavy atom. The second-order valence-electron chi connectivity index (χ2n) is 3.04. The quantitative estimate of drug-likeness (QED) is 0.752. The average Bonchev–Trinajstić information content (AvgIpc) is 2.23. The van der Waals surface area contributed by atoms with Gasteiger partial charge < -0.3 is 14.9 Å². The minimum absolute atomic E-state index is 0.248. The molecule has 2 atom stereocenters. The maximum Gasteiger partial charge on any atom is 0.223 e. The molecular weight excluding hydrogens is 206 g/mol. The first kappa shape index (κ1) is 11.9. The van der Waals surface area contributed by atoms with Gasteiger partial charge in [0, 0.05) is 0 Å². The smallest absolute Gasteiger partial charge is 0.223 e. The molecule has 0 spiro atoms. The molecule has 0 saturated heterocycles. The maximum atomic E-state index is 13.0. The third-order valence-corrected chi connectivity index (χ3v) is 1.91. The number of aliphatic hydroxyl groups is 2. The monoisotopic (exact) mass is 218 g/mol. The number of aliphatic hydroxyl groups excluding tert-OH is 2. The van der Waals surface area contributed by atoms with Crippen LogP contribution in [-0.4, -0.2) is 22.6 Å². The molecule has 1 aromatic carbocycles. The molecule has 0 bridgehead atoms. The van der Waals surface area contributed by atoms with E-state index in [0.29, 0.717) is 0 Å². The van der Waals surface area contributed by atoms with Crippen molar-refractivity contribution in [1.29, 1.82) is 0 Å². The van der Waals surface area contributed by atoms with Gasteiger partial charge in [0.15, 0.2) is 11.6 Å². The summed E-state index contributed by atoms with van der Waals surface area (Å²) >= 11 is 0. The second-order valence-corrected chi connectivity index (χ2v) is 3.04. The minimum Gasteiger partial charge on any atom is -0.459 e. The van der Waals surface area contributed by atoms with Gasteiger partial charge in [0.2, 0.25) is 12.1 Å². The highest BCUT2D eigenvalue weighted by Crippen LogP contribution is 2.20. The maximum absolute atomic E-state index is 13.0. The number of halogens is 2. The van der Waals surface area contributed by atoms with Crippen LogP contribution in [0.1, 0.15) is 13.3 Å². The summed E-state index contributed by atoms with van der Waals surface area (Å²) in [6.45, 7) is 1.62. The van der Waals surface area contributed by atoms with Crippen LogP contribution in [0.5, 0.6) is 5.75 Å². The van der Waals surface area contributed by atoms with Crippen LogP contribution < -0.4 is 4.74 Å². The average molecular weight is 218 g/mol. The van der Waals surface area contributed by atoms with E-state index in [2.05, 4.69) is 4.74 Å². The topological polar surface area (TPSA) is 49.7 Å². The number of hydrogen-bond donors (Lipinski definition) is 2. The van der Waals surface area contributed by atoms with Crippen LogP contribution in [-0.2, 0) is 0 Å². The summed E-state index contributed by atoms with van der Waals surface area (Å²) in [6, 6.07) is 3.35. The van der Waals surface area contributed by atoms with E-state index in [-0.39, 0.29) is 6.42 Å². The predicted octanol–water partition coefficient (Wildman–Crippen LogP) is 1.43. The van der Waals surface area contributed by atoms with Gasteiger partial charge in [0.25, 0.3) is 0 Å². The van der Waals surface area contributed by atoms with E-state index < -0.39 is 29.8 Å². The van der Waals surface area contributed by atoms with Crippen molar-refractivity contribution in [2.24, 2.45) is 0 Å². The summed E-state index contributed by atoms with van der Waals surface area (Å²) < 4.78 is 30.4. The third kappa shape index (κ3) is 2.87. The van der Waals surface area contributed by atoms with Crippen molar-refractivity contribution in [2.45, 2.75) is 25.7 Å². The molecule has 0 fully saturated rings. The minimum atomic E-state index is -1.56. The lowest BCUT2D eigenvalue weighted by molar-refractivity contribution is -0.106. The van der Waals surface area contributed by atoms with Crippen LogP contribution in [0, 0.1) is 11.6 Å². The summed E-state index contributed by atoms with van der Waals surface area (Å²) in [5, 5.41) is 18.4. The molecule has 3 nitrogen and oxygen atoms in total. The Morgan fingerprint density at radius 3 is 2.60 bits per heavy atom. The normalized spacial score (nSPS) is 14.7. The molecule has 2 N–H and O–H groups in total. The molecule has 0 radical (unpaired) electrons. The number of rotatable bonds is 4. The molecule has 0 heterocycles. The molecule has 0 aliphatic heterocycles. The van der Waals surface area contributed by atoms with E-state index in [0.717, 1.165) is 6.07 Å². The number of hydrogen-bond acceptors (Lipinski definition) is 3. The first-order valence-corrected chi connectivity index (χ1v) is 4.53. The van der Waals surface area contributed by atoms with E-state index in [9.17, 15) is 13.9 Å². The van der Waals surface area contributed by atoms with E-state index in [4.69, 9.17) is 5.11 Å². The predicted molar refractivity (Wildman–Crippen MR) is 49.3 cm³/mol. The highest BCUT2D eigenvalue weighted by atomic mass is 19.2. The highest BCUT2D eigenvalue weighted by molar-refractivity contribution is 5.25. The summed E-state index contributed by atoms with van der Waals surface area (Å²) in [7, 11) is 0.